The molecule has 8 nitrogen and oxygen atoms in total. The number of carbonyl (C=O) groups is 2. The molecule has 0 spiro atoms. The van der Waals surface area contributed by atoms with Gasteiger partial charge >= 0.3 is 6.09 Å². The van der Waals surface area contributed by atoms with Crippen molar-refractivity contribution in [3.63, 3.8) is 0 Å². The molecule has 6 rings (SSSR count). The van der Waals surface area contributed by atoms with Crippen LogP contribution in [0, 0.1) is 25.7 Å². The first-order valence-electron chi connectivity index (χ1n) is 12.2. The van der Waals surface area contributed by atoms with Crippen LogP contribution in [0.1, 0.15) is 27.5 Å². The Bertz CT molecular complexity index is 1340. The third-order valence-electron chi connectivity index (χ3n) is 6.97. The minimum Gasteiger partial charge on any atom is -0.486 e. The van der Waals surface area contributed by atoms with Gasteiger partial charge in [-0.3, -0.25) is 4.79 Å². The molecule has 9 heteroatoms. The van der Waals surface area contributed by atoms with Crippen LogP contribution in [-0.4, -0.2) is 54.2 Å². The van der Waals surface area contributed by atoms with Crippen LogP contribution in [0.15, 0.2) is 42.5 Å². The van der Waals surface area contributed by atoms with Crippen LogP contribution in [0.25, 0.3) is 10.4 Å². The van der Waals surface area contributed by atoms with Crippen LogP contribution < -0.4 is 19.5 Å². The number of ether oxygens (including phenoxy) is 3. The van der Waals surface area contributed by atoms with E-state index in [1.54, 1.807) is 18.2 Å². The Hall–Kier alpha value is -3.59. The molecular weight excluding hydrogens is 478 g/mol. The lowest BCUT2D eigenvalue weighted by Crippen LogP contribution is -2.46. The van der Waals surface area contributed by atoms with Gasteiger partial charge in [0.1, 0.15) is 18.9 Å². The van der Waals surface area contributed by atoms with E-state index in [0.717, 1.165) is 27.4 Å². The van der Waals surface area contributed by atoms with E-state index >= 15 is 0 Å². The summed E-state index contributed by atoms with van der Waals surface area (Å²) in [5.74, 6) is 2.09. The number of nitrogens with one attached hydrogen (secondary N) is 1. The first-order valence-corrected chi connectivity index (χ1v) is 13.0. The maximum Gasteiger partial charge on any atom is 0.412 e. The lowest BCUT2D eigenvalue weighted by Gasteiger charge is -2.27. The number of nitrogens with zero attached hydrogens (tertiary/aromatic N) is 2. The summed E-state index contributed by atoms with van der Waals surface area (Å²) in [5.41, 5.74) is 2.63. The molecule has 3 aromatic rings. The fraction of sp³-hybridized carbons (Fsp3) is 0.370. The highest BCUT2D eigenvalue weighted by Gasteiger charge is 2.54. The third kappa shape index (κ3) is 4.28. The number of para-hydroxylation sites is 1. The van der Waals surface area contributed by atoms with Crippen LogP contribution in [0.5, 0.6) is 17.2 Å². The van der Waals surface area contributed by atoms with Gasteiger partial charge in [-0.1, -0.05) is 35.9 Å². The van der Waals surface area contributed by atoms with Gasteiger partial charge < -0.3 is 24.4 Å². The van der Waals surface area contributed by atoms with Crippen LogP contribution >= 0.6 is 11.3 Å². The topological polar surface area (TPSA) is 90.0 Å². The minimum atomic E-state index is -0.584. The first kappa shape index (κ1) is 22.8. The third-order valence-corrected chi connectivity index (χ3v) is 7.99. The largest absolute Gasteiger partial charge is 0.486 e. The lowest BCUT2D eigenvalue weighted by molar-refractivity contribution is 0.0699. The van der Waals surface area contributed by atoms with Crippen molar-refractivity contribution in [1.82, 2.24) is 15.2 Å². The molecular formula is C27H27N3O5S. The van der Waals surface area contributed by atoms with Gasteiger partial charge in [0, 0.05) is 13.1 Å². The summed E-state index contributed by atoms with van der Waals surface area (Å²) in [6.07, 6.45) is 0.489. The Morgan fingerprint density at radius 1 is 1.17 bits per heavy atom. The zero-order valence-corrected chi connectivity index (χ0v) is 21.0. The number of aromatic nitrogens is 1. The van der Waals surface area contributed by atoms with Crippen LogP contribution in [-0.2, 0) is 0 Å². The second-order valence-corrected chi connectivity index (χ2v) is 10.7. The van der Waals surface area contributed by atoms with Crippen molar-refractivity contribution < 1.29 is 23.8 Å². The molecule has 1 saturated carbocycles. The summed E-state index contributed by atoms with van der Waals surface area (Å²) in [5, 5.41) is 3.72. The summed E-state index contributed by atoms with van der Waals surface area (Å²) in [4.78, 5) is 33.8. The molecule has 2 amide bonds. The lowest BCUT2D eigenvalue weighted by atomic mass is 10.1. The Morgan fingerprint density at radius 2 is 2.00 bits per heavy atom. The average molecular weight is 506 g/mol. The van der Waals surface area contributed by atoms with E-state index in [9.17, 15) is 9.59 Å². The average Bonchev–Trinajstić information content (AvgIpc) is 3.39. The summed E-state index contributed by atoms with van der Waals surface area (Å²) in [6.45, 7) is 5.83. The van der Waals surface area contributed by atoms with E-state index in [1.807, 2.05) is 36.9 Å². The number of hydrogen-bond donors (Lipinski definition) is 1. The van der Waals surface area contributed by atoms with Crippen LogP contribution in [0.4, 0.5) is 4.79 Å². The number of piperidine rings is 1. The summed E-state index contributed by atoms with van der Waals surface area (Å²) >= 11 is 1.54. The highest BCUT2D eigenvalue weighted by Crippen LogP contribution is 2.50. The summed E-state index contributed by atoms with van der Waals surface area (Å²) < 4.78 is 16.7. The normalized spacial score (nSPS) is 21.6. The maximum absolute atomic E-state index is 13.7. The molecule has 3 heterocycles. The van der Waals surface area contributed by atoms with E-state index < -0.39 is 6.09 Å². The van der Waals surface area contributed by atoms with Gasteiger partial charge in [0.15, 0.2) is 11.5 Å². The molecule has 2 fully saturated rings. The molecule has 0 unspecified atom stereocenters. The molecule has 186 valence electrons. The zero-order valence-electron chi connectivity index (χ0n) is 20.2. The number of benzene rings is 2. The Balaban J connectivity index is 1.16. The fourth-order valence-electron chi connectivity index (χ4n) is 5.21. The molecule has 2 aromatic carbocycles. The van der Waals surface area contributed by atoms with Crippen molar-refractivity contribution in [2.24, 2.45) is 11.8 Å². The van der Waals surface area contributed by atoms with Crippen molar-refractivity contribution in [1.29, 1.82) is 0 Å². The monoisotopic (exact) mass is 505 g/mol. The number of fused-ring (bicyclic) bond motifs is 2. The number of thiazole rings is 1. The van der Waals surface area contributed by atoms with Crippen LogP contribution in [0.3, 0.4) is 0 Å². The van der Waals surface area contributed by atoms with Crippen molar-refractivity contribution in [2.45, 2.75) is 26.3 Å². The molecule has 0 bridgehead atoms. The zero-order chi connectivity index (χ0) is 24.8. The summed E-state index contributed by atoms with van der Waals surface area (Å²) in [6, 6.07) is 13.3. The summed E-state index contributed by atoms with van der Waals surface area (Å²) in [7, 11) is 0. The van der Waals surface area contributed by atoms with E-state index in [0.29, 0.717) is 61.1 Å². The number of hydrogen-bond acceptors (Lipinski definition) is 7. The van der Waals surface area contributed by atoms with Gasteiger partial charge in [-0.15, -0.1) is 11.3 Å². The first-order chi connectivity index (χ1) is 17.5. The predicted molar refractivity (Wildman–Crippen MR) is 135 cm³/mol. The van der Waals surface area contributed by atoms with E-state index in [4.69, 9.17) is 14.2 Å². The second kappa shape index (κ2) is 9.13. The number of likely N-dealkylation sites (tertiary alicyclic amines) is 1. The second-order valence-electron chi connectivity index (χ2n) is 9.52. The molecule has 3 aliphatic rings. The predicted octanol–water partition coefficient (Wildman–Crippen LogP) is 4.45. The molecule has 3 atom stereocenters. The number of aryl methyl sites for hydroxylation is 2. The van der Waals surface area contributed by atoms with E-state index in [2.05, 4.69) is 16.4 Å². The van der Waals surface area contributed by atoms with E-state index in [-0.39, 0.29) is 11.9 Å². The SMILES string of the molecule is Cc1cccc(-c2sc(C)nc2C(=O)N2C[C@@H]3C[C@@H]3[C@H]2CNC(=O)Oc2cccc3c2OCCO3)c1. The molecule has 1 aliphatic carbocycles. The van der Waals surface area contributed by atoms with Gasteiger partial charge in [0.05, 0.1) is 15.9 Å². The fourth-order valence-corrected chi connectivity index (χ4v) is 6.11. The molecule has 36 heavy (non-hydrogen) atoms. The van der Waals surface area contributed by atoms with Crippen molar-refractivity contribution in [3.8, 4) is 27.7 Å². The van der Waals surface area contributed by atoms with Crippen molar-refractivity contribution in [3.05, 3.63) is 58.7 Å². The van der Waals surface area contributed by atoms with Crippen LogP contribution in [0.2, 0.25) is 0 Å². The van der Waals surface area contributed by atoms with Gasteiger partial charge in [-0.2, -0.15) is 0 Å². The highest BCUT2D eigenvalue weighted by atomic mass is 32.1. The molecule has 1 N–H and O–H groups in total. The van der Waals surface area contributed by atoms with Gasteiger partial charge in [0.2, 0.25) is 5.75 Å². The van der Waals surface area contributed by atoms with Crippen molar-refractivity contribution in [2.75, 3.05) is 26.3 Å². The number of amides is 2. The molecule has 0 radical (unpaired) electrons. The smallest absolute Gasteiger partial charge is 0.412 e. The standard InChI is InChI=1S/C27H27N3O5S/c1-15-5-3-6-17(11-15)25-23(29-16(2)36-25)26(31)30-14-18-12-19(18)20(30)13-28-27(32)35-22-8-4-7-21-24(22)34-10-9-33-21/h3-8,11,18-20H,9-10,12-14H2,1-2H3,(H,28,32)/t18-,19-,20+/m0/s1. The molecule has 1 aromatic heterocycles. The van der Waals surface area contributed by atoms with Gasteiger partial charge in [0.25, 0.3) is 5.91 Å². The molecule has 2 aliphatic heterocycles. The Morgan fingerprint density at radius 3 is 2.86 bits per heavy atom. The Kier molecular flexibility index (Phi) is 5.79. The number of rotatable bonds is 5. The highest BCUT2D eigenvalue weighted by molar-refractivity contribution is 7.15. The number of carbonyl (C=O) groups excluding carboxylic acids is 2. The maximum atomic E-state index is 13.7. The van der Waals surface area contributed by atoms with Crippen molar-refractivity contribution >= 4 is 23.3 Å². The minimum absolute atomic E-state index is 0.0779. The van der Waals surface area contributed by atoms with Gasteiger partial charge in [-0.25, -0.2) is 9.78 Å². The quantitative estimate of drug-likeness (QED) is 0.551. The van der Waals surface area contributed by atoms with E-state index in [1.165, 1.54) is 11.3 Å². The molecule has 1 saturated heterocycles. The Labute approximate surface area is 213 Å². The van der Waals surface area contributed by atoms with Gasteiger partial charge in [-0.05, 0) is 49.8 Å².